The van der Waals surface area contributed by atoms with E-state index in [0.29, 0.717) is 21.6 Å². The van der Waals surface area contributed by atoms with Crippen molar-refractivity contribution in [3.63, 3.8) is 0 Å². The van der Waals surface area contributed by atoms with Gasteiger partial charge in [0.2, 0.25) is 0 Å². The number of ether oxygens (including phenoxy) is 1. The fourth-order valence-electron chi connectivity index (χ4n) is 2.12. The van der Waals surface area contributed by atoms with Crippen LogP contribution in [0.4, 0.5) is 0 Å². The highest BCUT2D eigenvalue weighted by molar-refractivity contribution is 7.13. The number of thiophene rings is 1. The van der Waals surface area contributed by atoms with Gasteiger partial charge in [-0.05, 0) is 38.1 Å². The third-order valence-corrected chi connectivity index (χ3v) is 4.22. The van der Waals surface area contributed by atoms with E-state index >= 15 is 0 Å². The number of benzene rings is 1. The molecule has 3 aromatic rings. The van der Waals surface area contributed by atoms with E-state index in [1.54, 1.807) is 31.2 Å². The highest BCUT2D eigenvalue weighted by atomic mass is 32.1. The van der Waals surface area contributed by atoms with Crippen molar-refractivity contribution in [1.29, 1.82) is 0 Å². The summed E-state index contributed by atoms with van der Waals surface area (Å²) >= 11 is 1.37. The Morgan fingerprint density at radius 2 is 2.05 bits per heavy atom. The van der Waals surface area contributed by atoms with Gasteiger partial charge in [0.15, 0.2) is 11.9 Å². The van der Waals surface area contributed by atoms with Crippen molar-refractivity contribution in [2.75, 3.05) is 0 Å². The Hall–Kier alpha value is -2.47. The highest BCUT2D eigenvalue weighted by Gasteiger charge is 2.17. The summed E-state index contributed by atoms with van der Waals surface area (Å²) in [6.07, 6.45) is -0.632. The van der Waals surface area contributed by atoms with Gasteiger partial charge in [-0.3, -0.25) is 4.79 Å². The summed E-state index contributed by atoms with van der Waals surface area (Å²) in [5.74, 6) is -0.0771. The second kappa shape index (κ2) is 5.73. The maximum Gasteiger partial charge on any atom is 0.349 e. The summed E-state index contributed by atoms with van der Waals surface area (Å²) in [4.78, 5) is 32.7. The zero-order chi connectivity index (χ0) is 15.7. The molecule has 6 heteroatoms. The molecule has 0 amide bonds. The van der Waals surface area contributed by atoms with E-state index in [-0.39, 0.29) is 5.56 Å². The quantitative estimate of drug-likeness (QED) is 0.753. The molecule has 0 saturated heterocycles. The van der Waals surface area contributed by atoms with Crippen molar-refractivity contribution >= 4 is 28.2 Å². The van der Waals surface area contributed by atoms with Crippen molar-refractivity contribution in [3.05, 3.63) is 62.3 Å². The molecule has 1 N–H and O–H groups in total. The van der Waals surface area contributed by atoms with E-state index < -0.39 is 12.1 Å². The lowest BCUT2D eigenvalue weighted by Crippen LogP contribution is -2.17. The molecule has 0 aliphatic carbocycles. The first-order chi connectivity index (χ1) is 10.5. The lowest BCUT2D eigenvalue weighted by atomic mass is 10.2. The lowest BCUT2D eigenvalue weighted by Gasteiger charge is -2.12. The molecule has 5 nitrogen and oxygen atoms in total. The predicted octanol–water partition coefficient (Wildman–Crippen LogP) is 3.21. The molecule has 1 aromatic carbocycles. The van der Waals surface area contributed by atoms with E-state index in [2.05, 4.69) is 9.97 Å². The normalized spacial score (nSPS) is 12.3. The molecule has 0 bridgehead atoms. The Bertz CT molecular complexity index is 898. The molecule has 3 rings (SSSR count). The van der Waals surface area contributed by atoms with Crippen LogP contribution in [0.25, 0.3) is 10.9 Å². The first-order valence-corrected chi connectivity index (χ1v) is 7.62. The van der Waals surface area contributed by atoms with Crippen LogP contribution in [-0.4, -0.2) is 15.9 Å². The van der Waals surface area contributed by atoms with E-state index in [4.69, 9.17) is 4.74 Å². The number of esters is 1. The van der Waals surface area contributed by atoms with Crippen LogP contribution >= 0.6 is 11.3 Å². The average molecular weight is 314 g/mol. The maximum absolute atomic E-state index is 12.1. The SMILES string of the molecule is Cc1ccc(C(=O)OC(C)c2nc3ccccc3c(=O)[nH]2)s1. The number of fused-ring (bicyclic) bond motifs is 1. The van der Waals surface area contributed by atoms with Crippen LogP contribution in [0, 0.1) is 6.92 Å². The number of rotatable bonds is 3. The molecular weight excluding hydrogens is 300 g/mol. The van der Waals surface area contributed by atoms with Crippen LogP contribution in [0.2, 0.25) is 0 Å². The standard InChI is InChI=1S/C16H14N2O3S/c1-9-7-8-13(22-9)16(20)21-10(2)14-17-12-6-4-3-5-11(12)15(19)18-14/h3-8,10H,1-2H3,(H,17,18,19). The molecule has 0 aliphatic rings. The number of aromatic amines is 1. The molecule has 0 spiro atoms. The van der Waals surface area contributed by atoms with E-state index in [9.17, 15) is 9.59 Å². The summed E-state index contributed by atoms with van der Waals surface area (Å²) in [5.41, 5.74) is 0.339. The predicted molar refractivity (Wildman–Crippen MR) is 85.3 cm³/mol. The third kappa shape index (κ3) is 2.78. The largest absolute Gasteiger partial charge is 0.450 e. The zero-order valence-electron chi connectivity index (χ0n) is 12.1. The first-order valence-electron chi connectivity index (χ1n) is 6.81. The maximum atomic E-state index is 12.1. The molecule has 0 radical (unpaired) electrons. The Labute approximate surface area is 130 Å². The van der Waals surface area contributed by atoms with Crippen molar-refractivity contribution in [2.24, 2.45) is 0 Å². The molecule has 1 unspecified atom stereocenters. The van der Waals surface area contributed by atoms with Gasteiger partial charge in [0.05, 0.1) is 10.9 Å². The van der Waals surface area contributed by atoms with Gasteiger partial charge in [-0.1, -0.05) is 12.1 Å². The monoisotopic (exact) mass is 314 g/mol. The van der Waals surface area contributed by atoms with E-state index in [1.807, 2.05) is 19.1 Å². The molecule has 1 atom stereocenters. The third-order valence-electron chi connectivity index (χ3n) is 3.24. The average Bonchev–Trinajstić information content (AvgIpc) is 2.94. The molecule has 2 aromatic heterocycles. The number of aryl methyl sites for hydroxylation is 1. The van der Waals surface area contributed by atoms with Gasteiger partial charge >= 0.3 is 5.97 Å². The van der Waals surface area contributed by atoms with Gasteiger partial charge < -0.3 is 9.72 Å². The number of nitrogens with one attached hydrogen (secondary N) is 1. The first kappa shape index (κ1) is 14.5. The van der Waals surface area contributed by atoms with Crippen LogP contribution in [0.3, 0.4) is 0 Å². The summed E-state index contributed by atoms with van der Waals surface area (Å²) < 4.78 is 5.38. The Kier molecular flexibility index (Phi) is 3.77. The fraction of sp³-hybridized carbons (Fsp3) is 0.188. The van der Waals surface area contributed by atoms with Crippen molar-refractivity contribution in [3.8, 4) is 0 Å². The van der Waals surface area contributed by atoms with Crippen LogP contribution < -0.4 is 5.56 Å². The number of aromatic nitrogens is 2. The number of para-hydroxylation sites is 1. The van der Waals surface area contributed by atoms with Crippen molar-refractivity contribution < 1.29 is 9.53 Å². The summed E-state index contributed by atoms with van der Waals surface area (Å²) in [6, 6.07) is 10.6. The second-order valence-electron chi connectivity index (χ2n) is 4.93. The van der Waals surface area contributed by atoms with Crippen molar-refractivity contribution in [2.45, 2.75) is 20.0 Å². The van der Waals surface area contributed by atoms with Gasteiger partial charge in [-0.15, -0.1) is 11.3 Å². The van der Waals surface area contributed by atoms with Crippen molar-refractivity contribution in [1.82, 2.24) is 9.97 Å². The van der Waals surface area contributed by atoms with E-state index in [1.165, 1.54) is 11.3 Å². The number of hydrogen-bond donors (Lipinski definition) is 1. The fourth-order valence-corrected chi connectivity index (χ4v) is 2.87. The number of nitrogens with zero attached hydrogens (tertiary/aromatic N) is 1. The summed E-state index contributed by atoms with van der Waals surface area (Å²) in [7, 11) is 0. The number of carbonyl (C=O) groups excluding carboxylic acids is 1. The lowest BCUT2D eigenvalue weighted by molar-refractivity contribution is 0.0326. The van der Waals surface area contributed by atoms with Crippen LogP contribution in [0.1, 0.15) is 33.4 Å². The number of carbonyl (C=O) groups is 1. The van der Waals surface area contributed by atoms with Gasteiger partial charge in [0, 0.05) is 4.88 Å². The number of H-pyrrole nitrogens is 1. The highest BCUT2D eigenvalue weighted by Crippen LogP contribution is 2.20. The molecular formula is C16H14N2O3S. The van der Waals surface area contributed by atoms with Gasteiger partial charge in [0.1, 0.15) is 4.88 Å². The smallest absolute Gasteiger partial charge is 0.349 e. The van der Waals surface area contributed by atoms with Crippen LogP contribution in [0.5, 0.6) is 0 Å². The Balaban J connectivity index is 1.87. The van der Waals surface area contributed by atoms with Gasteiger partial charge in [-0.25, -0.2) is 9.78 Å². The minimum absolute atomic E-state index is 0.240. The minimum atomic E-state index is -0.632. The Morgan fingerprint density at radius 3 is 2.77 bits per heavy atom. The summed E-state index contributed by atoms with van der Waals surface area (Å²) in [6.45, 7) is 3.61. The second-order valence-corrected chi connectivity index (χ2v) is 6.21. The zero-order valence-corrected chi connectivity index (χ0v) is 12.9. The topological polar surface area (TPSA) is 72.0 Å². The van der Waals surface area contributed by atoms with Crippen LogP contribution in [-0.2, 0) is 4.74 Å². The van der Waals surface area contributed by atoms with Crippen LogP contribution in [0.15, 0.2) is 41.2 Å². The molecule has 0 aliphatic heterocycles. The molecule has 0 saturated carbocycles. The van der Waals surface area contributed by atoms with E-state index in [0.717, 1.165) is 4.88 Å². The summed E-state index contributed by atoms with van der Waals surface area (Å²) in [5, 5.41) is 0.513. The molecule has 2 heterocycles. The van der Waals surface area contributed by atoms with Gasteiger partial charge in [0.25, 0.3) is 5.56 Å². The number of hydrogen-bond acceptors (Lipinski definition) is 5. The molecule has 0 fully saturated rings. The molecule has 112 valence electrons. The minimum Gasteiger partial charge on any atom is -0.450 e. The Morgan fingerprint density at radius 1 is 1.27 bits per heavy atom. The molecule has 22 heavy (non-hydrogen) atoms. The van der Waals surface area contributed by atoms with Gasteiger partial charge in [-0.2, -0.15) is 0 Å².